The maximum atomic E-state index is 2.26. The molecule has 52 valence electrons. The molecule has 0 aliphatic carbocycles. The van der Waals surface area contributed by atoms with Crippen molar-refractivity contribution in [2.24, 2.45) is 0 Å². The molecule has 0 heteroatoms. The van der Waals surface area contributed by atoms with Crippen LogP contribution in [0.2, 0.25) is 0 Å². The summed E-state index contributed by atoms with van der Waals surface area (Å²) in [4.78, 5) is 0. The molecule has 0 bridgehead atoms. The molecule has 0 atom stereocenters. The standard InChI is InChI=1S/C9H16/c1-4-6-8-9(3)7-5-2/h4,6-7H,5,8H2,1-3H3/b6-4?,9-7-. The lowest BCUT2D eigenvalue weighted by Crippen LogP contribution is -1.70. The lowest BCUT2D eigenvalue weighted by atomic mass is 10.2. The third kappa shape index (κ3) is 5.35. The monoisotopic (exact) mass is 124 g/mol. The van der Waals surface area contributed by atoms with E-state index in [1.165, 1.54) is 5.57 Å². The first-order valence-electron chi connectivity index (χ1n) is 3.58. The lowest BCUT2D eigenvalue weighted by Gasteiger charge is -1.91. The molecule has 0 aromatic rings. The third-order valence-electron chi connectivity index (χ3n) is 1.23. The molecule has 0 unspecified atom stereocenters. The van der Waals surface area contributed by atoms with E-state index in [2.05, 4.69) is 39.0 Å². The zero-order valence-corrected chi connectivity index (χ0v) is 6.65. The summed E-state index contributed by atoms with van der Waals surface area (Å²) in [5, 5.41) is 0. The fourth-order valence-electron chi connectivity index (χ4n) is 0.736. The van der Waals surface area contributed by atoms with Crippen LogP contribution in [0, 0.1) is 0 Å². The van der Waals surface area contributed by atoms with Gasteiger partial charge in [0, 0.05) is 0 Å². The molecule has 0 fully saturated rings. The van der Waals surface area contributed by atoms with Crippen LogP contribution >= 0.6 is 0 Å². The fraction of sp³-hybridized carbons (Fsp3) is 0.556. The Kier molecular flexibility index (Phi) is 5.29. The molecular formula is C9H16. The minimum atomic E-state index is 1.12. The Morgan fingerprint density at radius 3 is 2.56 bits per heavy atom. The van der Waals surface area contributed by atoms with Gasteiger partial charge >= 0.3 is 0 Å². The maximum Gasteiger partial charge on any atom is -0.0142 e. The molecule has 0 radical (unpaired) electrons. The molecule has 9 heavy (non-hydrogen) atoms. The maximum absolute atomic E-state index is 2.26. The second-order valence-electron chi connectivity index (χ2n) is 2.23. The van der Waals surface area contributed by atoms with Crippen LogP contribution in [0.15, 0.2) is 23.8 Å². The van der Waals surface area contributed by atoms with Crippen molar-refractivity contribution < 1.29 is 0 Å². The van der Waals surface area contributed by atoms with Crippen molar-refractivity contribution in [1.82, 2.24) is 0 Å². The normalized spacial score (nSPS) is 13.0. The molecule has 0 spiro atoms. The quantitative estimate of drug-likeness (QED) is 0.506. The van der Waals surface area contributed by atoms with Gasteiger partial charge in [-0.15, -0.1) is 0 Å². The van der Waals surface area contributed by atoms with Crippen LogP contribution in [-0.4, -0.2) is 0 Å². The van der Waals surface area contributed by atoms with Gasteiger partial charge in [0.15, 0.2) is 0 Å². The van der Waals surface area contributed by atoms with Crippen molar-refractivity contribution in [3.63, 3.8) is 0 Å². The smallest absolute Gasteiger partial charge is 0.0142 e. The number of rotatable bonds is 3. The minimum Gasteiger partial charge on any atom is -0.0913 e. The molecule has 0 aromatic carbocycles. The number of allylic oxidation sites excluding steroid dienone is 4. The topological polar surface area (TPSA) is 0 Å². The van der Waals surface area contributed by atoms with Crippen molar-refractivity contribution in [3.05, 3.63) is 23.8 Å². The van der Waals surface area contributed by atoms with Gasteiger partial charge in [0.2, 0.25) is 0 Å². The van der Waals surface area contributed by atoms with E-state index in [1.807, 2.05) is 0 Å². The first-order chi connectivity index (χ1) is 4.31. The van der Waals surface area contributed by atoms with Crippen LogP contribution in [-0.2, 0) is 0 Å². The van der Waals surface area contributed by atoms with E-state index < -0.39 is 0 Å². The molecule has 0 amide bonds. The van der Waals surface area contributed by atoms with E-state index in [9.17, 15) is 0 Å². The second kappa shape index (κ2) is 5.61. The molecule has 0 heterocycles. The van der Waals surface area contributed by atoms with Gasteiger partial charge in [-0.05, 0) is 26.7 Å². The molecule has 0 aliphatic heterocycles. The predicted molar refractivity (Wildman–Crippen MR) is 43.5 cm³/mol. The Morgan fingerprint density at radius 1 is 1.44 bits per heavy atom. The van der Waals surface area contributed by atoms with Crippen molar-refractivity contribution in [3.8, 4) is 0 Å². The van der Waals surface area contributed by atoms with Crippen LogP contribution in [0.1, 0.15) is 33.6 Å². The van der Waals surface area contributed by atoms with Gasteiger partial charge in [0.1, 0.15) is 0 Å². The van der Waals surface area contributed by atoms with Crippen molar-refractivity contribution in [2.45, 2.75) is 33.6 Å². The average Bonchev–Trinajstić information content (AvgIpc) is 1.85. The van der Waals surface area contributed by atoms with Crippen molar-refractivity contribution in [1.29, 1.82) is 0 Å². The Bertz CT molecular complexity index is 107. The van der Waals surface area contributed by atoms with Crippen LogP contribution in [0.25, 0.3) is 0 Å². The average molecular weight is 124 g/mol. The molecule has 0 nitrogen and oxygen atoms in total. The van der Waals surface area contributed by atoms with Crippen LogP contribution in [0.4, 0.5) is 0 Å². The summed E-state index contributed by atoms with van der Waals surface area (Å²) in [6.45, 7) is 6.39. The van der Waals surface area contributed by atoms with Gasteiger partial charge in [0.25, 0.3) is 0 Å². The Hall–Kier alpha value is -0.520. The van der Waals surface area contributed by atoms with Crippen LogP contribution < -0.4 is 0 Å². The summed E-state index contributed by atoms with van der Waals surface area (Å²) in [7, 11) is 0. The highest BCUT2D eigenvalue weighted by molar-refractivity contribution is 5.03. The highest BCUT2D eigenvalue weighted by Crippen LogP contribution is 2.01. The Labute approximate surface area is 58.3 Å². The van der Waals surface area contributed by atoms with Crippen LogP contribution in [0.3, 0.4) is 0 Å². The van der Waals surface area contributed by atoms with E-state index in [1.54, 1.807) is 0 Å². The molecule has 0 aliphatic rings. The summed E-state index contributed by atoms with van der Waals surface area (Å²) in [5.74, 6) is 0. The minimum absolute atomic E-state index is 1.12. The van der Waals surface area contributed by atoms with Gasteiger partial charge in [-0.25, -0.2) is 0 Å². The van der Waals surface area contributed by atoms with Gasteiger partial charge in [0.05, 0.1) is 0 Å². The molecule has 0 aromatic heterocycles. The van der Waals surface area contributed by atoms with E-state index >= 15 is 0 Å². The molecular weight excluding hydrogens is 108 g/mol. The van der Waals surface area contributed by atoms with Gasteiger partial charge in [-0.2, -0.15) is 0 Å². The highest BCUT2D eigenvalue weighted by atomic mass is 13.9. The third-order valence-corrected chi connectivity index (χ3v) is 1.23. The summed E-state index contributed by atoms with van der Waals surface area (Å²) < 4.78 is 0. The molecule has 0 N–H and O–H groups in total. The van der Waals surface area contributed by atoms with Gasteiger partial charge < -0.3 is 0 Å². The van der Waals surface area contributed by atoms with E-state index in [0.29, 0.717) is 0 Å². The zero-order valence-electron chi connectivity index (χ0n) is 6.65. The fourth-order valence-corrected chi connectivity index (χ4v) is 0.736. The second-order valence-corrected chi connectivity index (χ2v) is 2.23. The zero-order chi connectivity index (χ0) is 7.11. The summed E-state index contributed by atoms with van der Waals surface area (Å²) in [6.07, 6.45) is 8.81. The van der Waals surface area contributed by atoms with Gasteiger partial charge in [-0.1, -0.05) is 30.7 Å². The molecule has 0 saturated heterocycles. The van der Waals surface area contributed by atoms with Crippen LogP contribution in [0.5, 0.6) is 0 Å². The van der Waals surface area contributed by atoms with E-state index in [-0.39, 0.29) is 0 Å². The first-order valence-corrected chi connectivity index (χ1v) is 3.58. The Morgan fingerprint density at radius 2 is 2.11 bits per heavy atom. The number of hydrogen-bond acceptors (Lipinski definition) is 0. The SMILES string of the molecule is CC=CC/C(C)=C\CC. The Balaban J connectivity index is 3.49. The highest BCUT2D eigenvalue weighted by Gasteiger charge is 1.80. The van der Waals surface area contributed by atoms with E-state index in [4.69, 9.17) is 0 Å². The summed E-state index contributed by atoms with van der Waals surface area (Å²) in [5.41, 5.74) is 1.47. The lowest BCUT2D eigenvalue weighted by molar-refractivity contribution is 1.12. The summed E-state index contributed by atoms with van der Waals surface area (Å²) in [6, 6.07) is 0. The largest absolute Gasteiger partial charge is 0.0913 e. The van der Waals surface area contributed by atoms with E-state index in [0.717, 1.165) is 12.8 Å². The number of hydrogen-bond donors (Lipinski definition) is 0. The van der Waals surface area contributed by atoms with Gasteiger partial charge in [-0.3, -0.25) is 0 Å². The summed E-state index contributed by atoms with van der Waals surface area (Å²) >= 11 is 0. The first kappa shape index (κ1) is 8.48. The van der Waals surface area contributed by atoms with Crippen molar-refractivity contribution >= 4 is 0 Å². The van der Waals surface area contributed by atoms with Crippen molar-refractivity contribution in [2.75, 3.05) is 0 Å². The molecule has 0 saturated carbocycles. The molecule has 0 rings (SSSR count). The predicted octanol–water partition coefficient (Wildman–Crippen LogP) is 3.31.